The Morgan fingerprint density at radius 2 is 1.91 bits per heavy atom. The summed E-state index contributed by atoms with van der Waals surface area (Å²) in [4.78, 5) is 42.1. The van der Waals surface area contributed by atoms with Gasteiger partial charge in [-0.15, -0.1) is 11.3 Å². The van der Waals surface area contributed by atoms with Crippen LogP contribution in [0.4, 0.5) is 29.7 Å². The van der Waals surface area contributed by atoms with Crippen molar-refractivity contribution in [1.82, 2.24) is 10.3 Å². The largest absolute Gasteiger partial charge is 0.416 e. The molecule has 0 saturated carbocycles. The summed E-state index contributed by atoms with van der Waals surface area (Å²) in [6.45, 7) is 3.18. The zero-order valence-corrected chi connectivity index (χ0v) is 19.3. The molecule has 13 heteroatoms. The quantitative estimate of drug-likeness (QED) is 0.527. The van der Waals surface area contributed by atoms with E-state index in [1.165, 1.54) is 24.3 Å². The number of rotatable bonds is 6. The molecule has 3 N–H and O–H groups in total. The van der Waals surface area contributed by atoms with E-state index >= 15 is 0 Å². The molecule has 1 saturated heterocycles. The Labute approximate surface area is 197 Å². The van der Waals surface area contributed by atoms with Crippen molar-refractivity contribution in [2.24, 2.45) is 0 Å². The molecule has 3 rings (SSSR count). The van der Waals surface area contributed by atoms with Crippen LogP contribution in [0.5, 0.6) is 0 Å². The maximum absolute atomic E-state index is 13.0. The number of halogens is 3. The van der Waals surface area contributed by atoms with Crippen molar-refractivity contribution in [3.8, 4) is 0 Å². The van der Waals surface area contributed by atoms with Crippen LogP contribution in [0.1, 0.15) is 17.5 Å². The number of nitrogens with one attached hydrogen (secondary N) is 3. The van der Waals surface area contributed by atoms with Gasteiger partial charge < -0.3 is 25.6 Å². The zero-order chi connectivity index (χ0) is 24.9. The van der Waals surface area contributed by atoms with E-state index in [1.807, 2.05) is 0 Å². The molecule has 2 aromatic rings. The Morgan fingerprint density at radius 1 is 1.21 bits per heavy atom. The summed E-state index contributed by atoms with van der Waals surface area (Å²) >= 11 is 1.25. The molecule has 0 bridgehead atoms. The van der Waals surface area contributed by atoms with Crippen LogP contribution in [0.25, 0.3) is 0 Å². The van der Waals surface area contributed by atoms with E-state index in [0.717, 1.165) is 4.88 Å². The van der Waals surface area contributed by atoms with Crippen LogP contribution in [0, 0.1) is 6.92 Å². The number of morpholine rings is 1. The van der Waals surface area contributed by atoms with Crippen molar-refractivity contribution in [1.29, 1.82) is 0 Å². The van der Waals surface area contributed by atoms with E-state index in [9.17, 15) is 27.6 Å². The highest BCUT2D eigenvalue weighted by molar-refractivity contribution is 7.15. The fourth-order valence-electron chi connectivity index (χ4n) is 3.24. The maximum atomic E-state index is 13.0. The first-order valence-electron chi connectivity index (χ1n) is 10.4. The van der Waals surface area contributed by atoms with Crippen molar-refractivity contribution >= 4 is 45.6 Å². The first-order chi connectivity index (χ1) is 16.0. The summed E-state index contributed by atoms with van der Waals surface area (Å²) in [5, 5.41) is 8.02. The molecule has 184 valence electrons. The van der Waals surface area contributed by atoms with Gasteiger partial charge in [0.05, 0.1) is 18.8 Å². The molecule has 1 aliphatic heterocycles. The van der Waals surface area contributed by atoms with E-state index in [1.54, 1.807) is 30.0 Å². The molecule has 0 aliphatic carbocycles. The van der Waals surface area contributed by atoms with Crippen LogP contribution >= 0.6 is 11.3 Å². The van der Waals surface area contributed by atoms with Gasteiger partial charge in [0.2, 0.25) is 5.91 Å². The summed E-state index contributed by atoms with van der Waals surface area (Å²) in [6.07, 6.45) is -5.93. The van der Waals surface area contributed by atoms with Gasteiger partial charge in [-0.25, -0.2) is 4.98 Å². The zero-order valence-electron chi connectivity index (χ0n) is 18.5. The van der Waals surface area contributed by atoms with Gasteiger partial charge >= 0.3 is 18.0 Å². The van der Waals surface area contributed by atoms with Crippen molar-refractivity contribution in [3.05, 3.63) is 34.8 Å². The van der Waals surface area contributed by atoms with Crippen LogP contribution in [0.2, 0.25) is 0 Å². The number of nitrogens with zero attached hydrogens (tertiary/aromatic N) is 2. The average molecular weight is 500 g/mol. The van der Waals surface area contributed by atoms with Gasteiger partial charge in [-0.05, 0) is 25.1 Å². The third-order valence-corrected chi connectivity index (χ3v) is 6.15. The summed E-state index contributed by atoms with van der Waals surface area (Å²) in [5.41, 5.74) is 1.48. The highest BCUT2D eigenvalue weighted by Crippen LogP contribution is 2.31. The van der Waals surface area contributed by atoms with E-state index in [4.69, 9.17) is 4.74 Å². The number of carbonyl (C=O) groups excluding carboxylic acids is 3. The smallest absolute Gasteiger partial charge is 0.365 e. The number of aryl methyl sites for hydroxylation is 1. The van der Waals surface area contributed by atoms with Gasteiger partial charge in [-0.3, -0.25) is 14.4 Å². The molecular formula is C21H24F3N5O4S. The lowest BCUT2D eigenvalue weighted by Crippen LogP contribution is -2.49. The first-order valence-corrected chi connectivity index (χ1v) is 11.2. The second-order valence-electron chi connectivity index (χ2n) is 7.57. The fraction of sp³-hybridized carbons (Fsp3) is 0.429. The van der Waals surface area contributed by atoms with Gasteiger partial charge in [0.15, 0.2) is 11.2 Å². The molecule has 1 aliphatic rings. The second kappa shape index (κ2) is 10.8. The molecular weight excluding hydrogens is 475 g/mol. The van der Waals surface area contributed by atoms with Gasteiger partial charge in [-0.1, -0.05) is 6.07 Å². The van der Waals surface area contributed by atoms with Gasteiger partial charge in [0.25, 0.3) is 0 Å². The minimum absolute atomic E-state index is 0.0446. The Kier molecular flexibility index (Phi) is 8.10. The van der Waals surface area contributed by atoms with Crippen molar-refractivity contribution in [2.45, 2.75) is 32.5 Å². The van der Waals surface area contributed by atoms with Crippen LogP contribution in [0.3, 0.4) is 0 Å². The number of alkyl halides is 3. The molecule has 0 unspecified atom stereocenters. The molecule has 0 radical (unpaired) electrons. The van der Waals surface area contributed by atoms with Gasteiger partial charge in [0, 0.05) is 42.7 Å². The monoisotopic (exact) mass is 499 g/mol. The Morgan fingerprint density at radius 3 is 2.59 bits per heavy atom. The number of amides is 3. The van der Waals surface area contributed by atoms with E-state index < -0.39 is 24.1 Å². The maximum Gasteiger partial charge on any atom is 0.416 e. The van der Waals surface area contributed by atoms with Crippen molar-refractivity contribution in [3.63, 3.8) is 0 Å². The predicted molar refractivity (Wildman–Crippen MR) is 121 cm³/mol. The number of thiazole rings is 1. The minimum Gasteiger partial charge on any atom is -0.365 e. The SMILES string of the molecule is CC(=O)Nc1cccc(NC(=O)C(=O)NCCc2sc(N3CCO[C@@H](C(F)(F)F)C3)nc2C)c1. The molecule has 1 fully saturated rings. The first kappa shape index (κ1) is 25.4. The van der Waals surface area contributed by atoms with Crippen molar-refractivity contribution in [2.75, 3.05) is 41.8 Å². The number of hydrogen-bond donors (Lipinski definition) is 3. The van der Waals surface area contributed by atoms with E-state index in [0.29, 0.717) is 35.2 Å². The standard InChI is InChI=1S/C21H24F3N5O4S/c1-12-16(34-20(26-12)29-8-9-33-17(11-29)21(22,23)24)6-7-25-18(31)19(32)28-15-5-3-4-14(10-15)27-13(2)30/h3-5,10,17H,6-9,11H2,1-2H3,(H,25,31)(H,27,30)(H,28,32)/t17-/m1/s1. The molecule has 9 nitrogen and oxygen atoms in total. The third-order valence-electron chi connectivity index (χ3n) is 4.87. The van der Waals surface area contributed by atoms with E-state index in [2.05, 4.69) is 20.9 Å². The summed E-state index contributed by atoms with van der Waals surface area (Å²) in [5.74, 6) is -1.97. The number of anilines is 3. The molecule has 1 aromatic heterocycles. The minimum atomic E-state index is -4.44. The normalized spacial score (nSPS) is 16.1. The van der Waals surface area contributed by atoms with Crippen LogP contribution < -0.4 is 20.9 Å². The Bertz CT molecular complexity index is 1060. The van der Waals surface area contributed by atoms with Crippen LogP contribution in [-0.4, -0.2) is 61.2 Å². The fourth-order valence-corrected chi connectivity index (χ4v) is 4.33. The lowest BCUT2D eigenvalue weighted by molar-refractivity contribution is -0.221. The highest BCUT2D eigenvalue weighted by atomic mass is 32.1. The molecule has 0 spiro atoms. The lowest BCUT2D eigenvalue weighted by Gasteiger charge is -2.33. The molecule has 3 amide bonds. The summed E-state index contributed by atoms with van der Waals surface area (Å²) in [7, 11) is 0. The predicted octanol–water partition coefficient (Wildman–Crippen LogP) is 2.47. The Hall–Kier alpha value is -3.19. The molecule has 34 heavy (non-hydrogen) atoms. The van der Waals surface area contributed by atoms with Crippen LogP contribution in [0.15, 0.2) is 24.3 Å². The topological polar surface area (TPSA) is 113 Å². The third kappa shape index (κ3) is 6.90. The number of ether oxygens (including phenoxy) is 1. The summed E-state index contributed by atoms with van der Waals surface area (Å²) < 4.78 is 43.7. The summed E-state index contributed by atoms with van der Waals surface area (Å²) in [6, 6.07) is 6.36. The van der Waals surface area contributed by atoms with Gasteiger partial charge in [0.1, 0.15) is 0 Å². The van der Waals surface area contributed by atoms with Crippen LogP contribution in [-0.2, 0) is 25.5 Å². The number of carbonyl (C=O) groups is 3. The second-order valence-corrected chi connectivity index (χ2v) is 8.64. The molecule has 1 atom stereocenters. The van der Waals surface area contributed by atoms with Crippen molar-refractivity contribution < 1.29 is 32.3 Å². The number of benzene rings is 1. The number of aromatic nitrogens is 1. The molecule has 1 aromatic carbocycles. The average Bonchev–Trinajstić information content (AvgIpc) is 3.13. The van der Waals surface area contributed by atoms with E-state index in [-0.39, 0.29) is 25.6 Å². The number of hydrogen-bond acceptors (Lipinski definition) is 7. The molecule has 2 heterocycles. The Balaban J connectivity index is 1.50. The highest BCUT2D eigenvalue weighted by Gasteiger charge is 2.43. The van der Waals surface area contributed by atoms with Gasteiger partial charge in [-0.2, -0.15) is 13.2 Å². The lowest BCUT2D eigenvalue weighted by atomic mass is 10.2.